The Bertz CT molecular complexity index is 805. The van der Waals surface area contributed by atoms with Gasteiger partial charge >= 0.3 is 6.09 Å². The van der Waals surface area contributed by atoms with Crippen molar-refractivity contribution in [1.29, 1.82) is 0 Å². The van der Waals surface area contributed by atoms with Crippen LogP contribution in [0.5, 0.6) is 0 Å². The van der Waals surface area contributed by atoms with Crippen molar-refractivity contribution in [2.45, 2.75) is 6.92 Å². The third-order valence-corrected chi connectivity index (χ3v) is 4.61. The topological polar surface area (TPSA) is 74.8 Å². The van der Waals surface area contributed by atoms with E-state index in [4.69, 9.17) is 16.3 Å². The minimum Gasteiger partial charge on any atom is -0.450 e. The molecular weight excluding hydrogens is 368 g/mol. The Morgan fingerprint density at radius 3 is 2.52 bits per heavy atom. The van der Waals surface area contributed by atoms with Crippen LogP contribution in [0.2, 0.25) is 5.02 Å². The first-order valence-corrected chi connectivity index (χ1v) is 9.15. The van der Waals surface area contributed by atoms with E-state index in [2.05, 4.69) is 15.2 Å². The second-order valence-corrected chi connectivity index (χ2v) is 6.42. The van der Waals surface area contributed by atoms with Crippen molar-refractivity contribution in [1.82, 2.24) is 9.88 Å². The molecule has 0 bridgehead atoms. The number of carbonyl (C=O) groups excluding carboxylic acids is 2. The first-order chi connectivity index (χ1) is 13.1. The summed E-state index contributed by atoms with van der Waals surface area (Å²) in [6.45, 7) is 4.78. The molecule has 1 fully saturated rings. The van der Waals surface area contributed by atoms with Gasteiger partial charge in [0.2, 0.25) is 0 Å². The van der Waals surface area contributed by atoms with Crippen LogP contribution in [0.15, 0.2) is 42.6 Å². The van der Waals surface area contributed by atoms with E-state index < -0.39 is 0 Å². The van der Waals surface area contributed by atoms with Crippen molar-refractivity contribution in [2.75, 3.05) is 43.0 Å². The summed E-state index contributed by atoms with van der Waals surface area (Å²) in [5.41, 5.74) is 1.34. The Kier molecular flexibility index (Phi) is 6.13. The summed E-state index contributed by atoms with van der Waals surface area (Å²) in [6.07, 6.45) is 1.44. The van der Waals surface area contributed by atoms with E-state index in [9.17, 15) is 9.59 Å². The van der Waals surface area contributed by atoms with Gasteiger partial charge in [-0.05, 0) is 31.2 Å². The van der Waals surface area contributed by atoms with Gasteiger partial charge in [-0.1, -0.05) is 23.7 Å². The van der Waals surface area contributed by atoms with E-state index in [-0.39, 0.29) is 12.0 Å². The molecule has 1 aliphatic heterocycles. The van der Waals surface area contributed by atoms with Crippen LogP contribution in [-0.2, 0) is 4.74 Å². The van der Waals surface area contributed by atoms with E-state index in [1.165, 1.54) is 0 Å². The molecule has 0 unspecified atom stereocenters. The summed E-state index contributed by atoms with van der Waals surface area (Å²) in [5.74, 6) is 0.151. The van der Waals surface area contributed by atoms with E-state index in [1.807, 2.05) is 6.07 Å². The number of rotatable bonds is 4. The predicted octanol–water partition coefficient (Wildman–Crippen LogP) is 3.27. The summed E-state index contributed by atoms with van der Waals surface area (Å²) in [4.78, 5) is 32.2. The standard InChI is InChI=1S/C19H21ClN4O3/c1-2-27-19(26)24-11-9-23(10-12-24)14-7-8-17(21-13-14)22-18(25)15-5-3-4-6-16(15)20/h3-8,13H,2,9-12H2,1H3,(H,21,22,25). The Morgan fingerprint density at radius 1 is 1.15 bits per heavy atom. The Labute approximate surface area is 162 Å². The van der Waals surface area contributed by atoms with Crippen molar-refractivity contribution in [2.24, 2.45) is 0 Å². The number of aromatic nitrogens is 1. The van der Waals surface area contributed by atoms with E-state index in [0.717, 1.165) is 5.69 Å². The Balaban J connectivity index is 1.57. The van der Waals surface area contributed by atoms with Crippen LogP contribution in [0.3, 0.4) is 0 Å². The average molecular weight is 389 g/mol. The molecule has 142 valence electrons. The van der Waals surface area contributed by atoms with Gasteiger partial charge < -0.3 is 19.9 Å². The Morgan fingerprint density at radius 2 is 1.89 bits per heavy atom. The first-order valence-electron chi connectivity index (χ1n) is 8.77. The van der Waals surface area contributed by atoms with Crippen LogP contribution < -0.4 is 10.2 Å². The number of piperazine rings is 1. The van der Waals surface area contributed by atoms with Gasteiger partial charge in [-0.2, -0.15) is 0 Å². The molecule has 7 nitrogen and oxygen atoms in total. The second-order valence-electron chi connectivity index (χ2n) is 6.01. The van der Waals surface area contributed by atoms with E-state index >= 15 is 0 Å². The number of hydrogen-bond donors (Lipinski definition) is 1. The lowest BCUT2D eigenvalue weighted by Gasteiger charge is -2.35. The molecule has 1 aliphatic rings. The van der Waals surface area contributed by atoms with Crippen molar-refractivity contribution >= 4 is 35.1 Å². The molecule has 1 aromatic carbocycles. The number of nitrogens with zero attached hydrogens (tertiary/aromatic N) is 3. The van der Waals surface area contributed by atoms with Gasteiger partial charge in [-0.25, -0.2) is 9.78 Å². The lowest BCUT2D eigenvalue weighted by molar-refractivity contribution is 0.102. The summed E-state index contributed by atoms with van der Waals surface area (Å²) in [5, 5.41) is 3.14. The zero-order valence-electron chi connectivity index (χ0n) is 15.0. The molecule has 1 aromatic heterocycles. The van der Waals surface area contributed by atoms with Crippen LogP contribution in [0.1, 0.15) is 17.3 Å². The highest BCUT2D eigenvalue weighted by atomic mass is 35.5. The van der Waals surface area contributed by atoms with Crippen molar-refractivity contribution in [3.05, 3.63) is 53.2 Å². The van der Waals surface area contributed by atoms with Gasteiger partial charge in [0.15, 0.2) is 0 Å². The molecule has 1 N–H and O–H groups in total. The number of pyridine rings is 1. The number of benzene rings is 1. The normalized spacial score (nSPS) is 14.0. The predicted molar refractivity (Wildman–Crippen MR) is 104 cm³/mol. The van der Waals surface area contributed by atoms with Gasteiger partial charge in [0.25, 0.3) is 5.91 Å². The van der Waals surface area contributed by atoms with Crippen LogP contribution >= 0.6 is 11.6 Å². The zero-order valence-corrected chi connectivity index (χ0v) is 15.8. The largest absolute Gasteiger partial charge is 0.450 e. The molecule has 0 saturated carbocycles. The van der Waals surface area contributed by atoms with Crippen molar-refractivity contribution in [3.63, 3.8) is 0 Å². The summed E-state index contributed by atoms with van der Waals surface area (Å²) in [7, 11) is 0. The minimum absolute atomic E-state index is 0.270. The molecule has 2 amide bonds. The molecule has 2 heterocycles. The molecule has 27 heavy (non-hydrogen) atoms. The average Bonchev–Trinajstić information content (AvgIpc) is 2.69. The van der Waals surface area contributed by atoms with Gasteiger partial charge in [-0.3, -0.25) is 4.79 Å². The number of ether oxygens (including phenoxy) is 1. The van der Waals surface area contributed by atoms with Gasteiger partial charge in [0.05, 0.1) is 29.1 Å². The lowest BCUT2D eigenvalue weighted by Crippen LogP contribution is -2.49. The number of anilines is 2. The molecule has 0 spiro atoms. The van der Waals surface area contributed by atoms with Gasteiger partial charge in [0.1, 0.15) is 5.82 Å². The summed E-state index contributed by atoms with van der Waals surface area (Å²) in [6, 6.07) is 10.5. The molecule has 0 radical (unpaired) electrons. The van der Waals surface area contributed by atoms with Gasteiger partial charge in [-0.15, -0.1) is 0 Å². The van der Waals surface area contributed by atoms with Crippen molar-refractivity contribution < 1.29 is 14.3 Å². The molecule has 3 rings (SSSR count). The summed E-state index contributed by atoms with van der Waals surface area (Å²) < 4.78 is 5.03. The summed E-state index contributed by atoms with van der Waals surface area (Å²) >= 11 is 6.04. The highest BCUT2D eigenvalue weighted by Crippen LogP contribution is 2.19. The second kappa shape index (κ2) is 8.73. The highest BCUT2D eigenvalue weighted by Gasteiger charge is 2.22. The maximum absolute atomic E-state index is 12.3. The number of amides is 2. The quantitative estimate of drug-likeness (QED) is 0.870. The number of halogens is 1. The van der Waals surface area contributed by atoms with Crippen LogP contribution in [0, 0.1) is 0 Å². The van der Waals surface area contributed by atoms with E-state index in [1.54, 1.807) is 48.4 Å². The Hall–Kier alpha value is -2.80. The molecule has 8 heteroatoms. The zero-order chi connectivity index (χ0) is 19.2. The van der Waals surface area contributed by atoms with Crippen LogP contribution in [-0.4, -0.2) is 54.7 Å². The van der Waals surface area contributed by atoms with Gasteiger partial charge in [0, 0.05) is 26.2 Å². The molecular formula is C19H21ClN4O3. The monoisotopic (exact) mass is 388 g/mol. The molecule has 0 aliphatic carbocycles. The number of carbonyl (C=O) groups is 2. The van der Waals surface area contributed by atoms with Crippen molar-refractivity contribution in [3.8, 4) is 0 Å². The van der Waals surface area contributed by atoms with E-state index in [0.29, 0.717) is 49.2 Å². The lowest BCUT2D eigenvalue weighted by atomic mass is 10.2. The third-order valence-electron chi connectivity index (χ3n) is 4.28. The minimum atomic E-state index is -0.302. The maximum atomic E-state index is 12.3. The van der Waals surface area contributed by atoms with Crippen LogP contribution in [0.25, 0.3) is 0 Å². The molecule has 2 aromatic rings. The SMILES string of the molecule is CCOC(=O)N1CCN(c2ccc(NC(=O)c3ccccc3Cl)nc2)CC1. The fourth-order valence-corrected chi connectivity index (χ4v) is 3.06. The fraction of sp³-hybridized carbons (Fsp3) is 0.316. The number of nitrogens with one attached hydrogen (secondary N) is 1. The van der Waals surface area contributed by atoms with Crippen LogP contribution in [0.4, 0.5) is 16.3 Å². The number of hydrogen-bond acceptors (Lipinski definition) is 5. The maximum Gasteiger partial charge on any atom is 0.409 e. The third kappa shape index (κ3) is 4.68. The molecule has 1 saturated heterocycles. The smallest absolute Gasteiger partial charge is 0.409 e. The fourth-order valence-electron chi connectivity index (χ4n) is 2.84. The molecule has 0 atom stereocenters. The highest BCUT2D eigenvalue weighted by molar-refractivity contribution is 6.34. The first kappa shape index (κ1) is 19.0.